The summed E-state index contributed by atoms with van der Waals surface area (Å²) >= 11 is 0. The van der Waals surface area contributed by atoms with Crippen LogP contribution < -0.4 is 4.74 Å². The van der Waals surface area contributed by atoms with Gasteiger partial charge in [-0.25, -0.2) is 4.98 Å². The van der Waals surface area contributed by atoms with E-state index in [0.717, 1.165) is 44.1 Å². The van der Waals surface area contributed by atoms with Crippen molar-refractivity contribution in [2.45, 2.75) is 38.8 Å². The van der Waals surface area contributed by atoms with Crippen molar-refractivity contribution < 1.29 is 14.0 Å². The molecule has 25 heavy (non-hydrogen) atoms. The summed E-state index contributed by atoms with van der Waals surface area (Å²) in [5, 5.41) is 4.10. The maximum atomic E-state index is 6.03. The van der Waals surface area contributed by atoms with E-state index >= 15 is 0 Å². The van der Waals surface area contributed by atoms with Crippen LogP contribution in [0.25, 0.3) is 0 Å². The summed E-state index contributed by atoms with van der Waals surface area (Å²) in [6, 6.07) is 7.73. The molecule has 2 aliphatic heterocycles. The summed E-state index contributed by atoms with van der Waals surface area (Å²) in [4.78, 5) is 6.66. The summed E-state index contributed by atoms with van der Waals surface area (Å²) in [6.07, 6.45) is 5.34. The first-order valence-corrected chi connectivity index (χ1v) is 9.01. The fourth-order valence-electron chi connectivity index (χ4n) is 3.87. The van der Waals surface area contributed by atoms with E-state index in [2.05, 4.69) is 15.0 Å². The molecule has 6 heteroatoms. The molecular weight excluding hydrogens is 318 g/mol. The molecule has 0 unspecified atom stereocenters. The lowest BCUT2D eigenvalue weighted by Gasteiger charge is -2.38. The second-order valence-electron chi connectivity index (χ2n) is 7.32. The van der Waals surface area contributed by atoms with Crippen LogP contribution in [0.3, 0.4) is 0 Å². The first kappa shape index (κ1) is 16.5. The Morgan fingerprint density at radius 1 is 1.32 bits per heavy atom. The van der Waals surface area contributed by atoms with Crippen LogP contribution in [-0.2, 0) is 11.3 Å². The van der Waals surface area contributed by atoms with Gasteiger partial charge in [-0.15, -0.1) is 0 Å². The lowest BCUT2D eigenvalue weighted by atomic mass is 9.76. The van der Waals surface area contributed by atoms with E-state index in [1.54, 1.807) is 6.20 Å². The van der Waals surface area contributed by atoms with Crippen molar-refractivity contribution >= 4 is 0 Å². The maximum Gasteiger partial charge on any atom is 0.213 e. The van der Waals surface area contributed by atoms with Crippen molar-refractivity contribution in [3.05, 3.63) is 41.9 Å². The third-order valence-electron chi connectivity index (χ3n) is 5.32. The predicted molar refractivity (Wildman–Crippen MR) is 92.3 cm³/mol. The van der Waals surface area contributed by atoms with Gasteiger partial charge in [0.2, 0.25) is 5.88 Å². The van der Waals surface area contributed by atoms with E-state index in [9.17, 15) is 0 Å². The zero-order chi connectivity index (χ0) is 17.1. The molecule has 0 bridgehead atoms. The molecule has 2 aromatic rings. The van der Waals surface area contributed by atoms with Gasteiger partial charge in [0.1, 0.15) is 12.4 Å². The Bertz CT molecular complexity index is 680. The molecule has 0 radical (unpaired) electrons. The highest BCUT2D eigenvalue weighted by atomic mass is 16.5. The fraction of sp³-hybridized carbons (Fsp3) is 0.579. The average molecular weight is 343 g/mol. The molecule has 0 saturated carbocycles. The van der Waals surface area contributed by atoms with Gasteiger partial charge in [0, 0.05) is 24.9 Å². The minimum absolute atomic E-state index is 0.173. The first-order valence-electron chi connectivity index (χ1n) is 9.01. The number of nitrogens with zero attached hydrogens (tertiary/aromatic N) is 3. The van der Waals surface area contributed by atoms with Crippen molar-refractivity contribution in [1.82, 2.24) is 15.0 Å². The molecule has 1 atom stereocenters. The zero-order valence-corrected chi connectivity index (χ0v) is 14.7. The highest BCUT2D eigenvalue weighted by Gasteiger charge is 2.42. The molecule has 4 heterocycles. The summed E-state index contributed by atoms with van der Waals surface area (Å²) < 4.78 is 16.9. The Morgan fingerprint density at radius 2 is 2.20 bits per heavy atom. The standard InChI is InChI=1S/C19H25N3O3/c1-15-10-16(21-25-15)12-22-8-5-19(6-9-22)11-17(24-14-19)13-23-18-4-2-3-7-20-18/h2-4,7,10,17H,5-6,8-9,11-14H2,1H3/t17-/m0/s1. The normalized spacial score (nSPS) is 23.2. The van der Waals surface area contributed by atoms with Crippen LogP contribution in [0.5, 0.6) is 5.88 Å². The first-order chi connectivity index (χ1) is 12.2. The van der Waals surface area contributed by atoms with Gasteiger partial charge in [-0.1, -0.05) is 11.2 Å². The molecule has 2 fully saturated rings. The number of hydrogen-bond acceptors (Lipinski definition) is 6. The molecule has 134 valence electrons. The number of ether oxygens (including phenoxy) is 2. The molecule has 2 saturated heterocycles. The third-order valence-corrected chi connectivity index (χ3v) is 5.32. The fourth-order valence-corrected chi connectivity index (χ4v) is 3.87. The molecule has 2 aromatic heterocycles. The van der Waals surface area contributed by atoms with E-state index in [0.29, 0.717) is 17.9 Å². The predicted octanol–water partition coefficient (Wildman–Crippen LogP) is 2.83. The topological polar surface area (TPSA) is 60.6 Å². The van der Waals surface area contributed by atoms with Gasteiger partial charge in [0.05, 0.1) is 18.4 Å². The molecule has 0 N–H and O–H groups in total. The van der Waals surface area contributed by atoms with E-state index in [1.165, 1.54) is 12.8 Å². The van der Waals surface area contributed by atoms with Crippen molar-refractivity contribution in [2.75, 3.05) is 26.3 Å². The van der Waals surface area contributed by atoms with E-state index in [1.807, 2.05) is 31.2 Å². The Balaban J connectivity index is 1.24. The smallest absolute Gasteiger partial charge is 0.213 e. The van der Waals surface area contributed by atoms with Gasteiger partial charge < -0.3 is 14.0 Å². The van der Waals surface area contributed by atoms with E-state index in [4.69, 9.17) is 14.0 Å². The van der Waals surface area contributed by atoms with Crippen molar-refractivity contribution in [2.24, 2.45) is 5.41 Å². The lowest BCUT2D eigenvalue weighted by Crippen LogP contribution is -2.40. The Labute approximate surface area is 148 Å². The van der Waals surface area contributed by atoms with Crippen molar-refractivity contribution in [3.8, 4) is 5.88 Å². The molecule has 0 aliphatic carbocycles. The maximum absolute atomic E-state index is 6.03. The summed E-state index contributed by atoms with van der Waals surface area (Å²) in [5.74, 6) is 1.55. The minimum Gasteiger partial charge on any atom is -0.475 e. The van der Waals surface area contributed by atoms with Gasteiger partial charge in [-0.3, -0.25) is 4.90 Å². The summed E-state index contributed by atoms with van der Waals surface area (Å²) in [6.45, 7) is 6.41. The third kappa shape index (κ3) is 4.02. The molecule has 4 rings (SSSR count). The van der Waals surface area contributed by atoms with Gasteiger partial charge >= 0.3 is 0 Å². The van der Waals surface area contributed by atoms with Crippen LogP contribution in [0, 0.1) is 12.3 Å². The SMILES string of the molecule is Cc1cc(CN2CCC3(CC2)CO[C@H](COc2ccccn2)C3)no1. The number of piperidine rings is 1. The number of aromatic nitrogens is 2. The van der Waals surface area contributed by atoms with Crippen LogP contribution in [-0.4, -0.2) is 47.4 Å². The number of pyridine rings is 1. The second kappa shape index (κ2) is 7.14. The lowest BCUT2D eigenvalue weighted by molar-refractivity contribution is 0.0460. The van der Waals surface area contributed by atoms with Crippen LogP contribution in [0.2, 0.25) is 0 Å². The highest BCUT2D eigenvalue weighted by molar-refractivity contribution is 5.09. The quantitative estimate of drug-likeness (QED) is 0.832. The van der Waals surface area contributed by atoms with Gasteiger partial charge in [-0.2, -0.15) is 0 Å². The zero-order valence-electron chi connectivity index (χ0n) is 14.7. The van der Waals surface area contributed by atoms with E-state index < -0.39 is 0 Å². The Kier molecular flexibility index (Phi) is 4.72. The average Bonchev–Trinajstić information content (AvgIpc) is 3.23. The largest absolute Gasteiger partial charge is 0.475 e. The number of hydrogen-bond donors (Lipinski definition) is 0. The molecule has 1 spiro atoms. The monoisotopic (exact) mass is 343 g/mol. The van der Waals surface area contributed by atoms with Crippen LogP contribution in [0.1, 0.15) is 30.7 Å². The van der Waals surface area contributed by atoms with Crippen LogP contribution in [0.4, 0.5) is 0 Å². The van der Waals surface area contributed by atoms with Crippen molar-refractivity contribution in [3.63, 3.8) is 0 Å². The number of likely N-dealkylation sites (tertiary alicyclic amines) is 1. The second-order valence-corrected chi connectivity index (χ2v) is 7.32. The van der Waals surface area contributed by atoms with Crippen molar-refractivity contribution in [1.29, 1.82) is 0 Å². The minimum atomic E-state index is 0.173. The summed E-state index contributed by atoms with van der Waals surface area (Å²) in [5.41, 5.74) is 1.34. The highest BCUT2D eigenvalue weighted by Crippen LogP contribution is 2.42. The molecule has 2 aliphatic rings. The van der Waals surface area contributed by atoms with Gasteiger partial charge in [0.15, 0.2) is 0 Å². The molecular formula is C19H25N3O3. The number of rotatable bonds is 5. The Morgan fingerprint density at radius 3 is 2.92 bits per heavy atom. The molecule has 0 amide bonds. The van der Waals surface area contributed by atoms with Crippen LogP contribution in [0.15, 0.2) is 35.0 Å². The van der Waals surface area contributed by atoms with E-state index in [-0.39, 0.29) is 6.10 Å². The molecule has 6 nitrogen and oxygen atoms in total. The van der Waals surface area contributed by atoms with Gasteiger partial charge in [0.25, 0.3) is 0 Å². The Hall–Kier alpha value is -1.92. The van der Waals surface area contributed by atoms with Gasteiger partial charge in [-0.05, 0) is 50.8 Å². The van der Waals surface area contributed by atoms with Crippen LogP contribution >= 0.6 is 0 Å². The number of aryl methyl sites for hydroxylation is 1. The molecule has 0 aromatic carbocycles. The summed E-state index contributed by atoms with van der Waals surface area (Å²) in [7, 11) is 0.